The Labute approximate surface area is 193 Å². The monoisotopic (exact) mass is 477 g/mol. The van der Waals surface area contributed by atoms with Crippen LogP contribution in [0.3, 0.4) is 0 Å². The molecule has 0 spiro atoms. The van der Waals surface area contributed by atoms with E-state index in [0.29, 0.717) is 23.8 Å². The van der Waals surface area contributed by atoms with Gasteiger partial charge in [0.05, 0.1) is 20.8 Å². The molecule has 0 heterocycles. The highest BCUT2D eigenvalue weighted by Crippen LogP contribution is 2.66. The summed E-state index contributed by atoms with van der Waals surface area (Å²) in [5, 5.41) is 11.2. The minimum Gasteiger partial charge on any atom is -0.369 e. The molecule has 2 atom stereocenters. The van der Waals surface area contributed by atoms with Crippen LogP contribution in [-0.4, -0.2) is 30.6 Å². The van der Waals surface area contributed by atoms with Crippen molar-refractivity contribution in [2.45, 2.75) is 76.2 Å². The molecular weight excluding hydrogens is 446 g/mol. The maximum Gasteiger partial charge on any atom is 0.273 e. The summed E-state index contributed by atoms with van der Waals surface area (Å²) in [6, 6.07) is 3.68. The standard InChI is InChI=1S/C23H31N3O6S/c1-14-4-5-17(7-18(14)26(29)30)33(31,32)25-21(2,3)19(27)12-22-8-15-6-16(9-22)11-23(10-15,13-22)20(24)28/h4-5,7,15-16,25H,6,8-13H2,1-3H3,(H2,24,28). The molecule has 10 heteroatoms. The largest absolute Gasteiger partial charge is 0.369 e. The lowest BCUT2D eigenvalue weighted by molar-refractivity contribution is -0.385. The van der Waals surface area contributed by atoms with Gasteiger partial charge >= 0.3 is 0 Å². The molecule has 1 amide bonds. The van der Waals surface area contributed by atoms with Crippen LogP contribution in [0.25, 0.3) is 0 Å². The Morgan fingerprint density at radius 2 is 1.82 bits per heavy atom. The number of primary amides is 1. The van der Waals surface area contributed by atoms with E-state index in [4.69, 9.17) is 5.73 Å². The van der Waals surface area contributed by atoms with E-state index in [0.717, 1.165) is 38.2 Å². The van der Waals surface area contributed by atoms with Crippen LogP contribution in [0, 0.1) is 39.7 Å². The molecule has 2 unspecified atom stereocenters. The van der Waals surface area contributed by atoms with Gasteiger partial charge in [-0.1, -0.05) is 6.07 Å². The first-order valence-electron chi connectivity index (χ1n) is 11.3. The van der Waals surface area contributed by atoms with Crippen molar-refractivity contribution in [3.8, 4) is 0 Å². The fraction of sp³-hybridized carbons (Fsp3) is 0.652. The van der Waals surface area contributed by atoms with E-state index >= 15 is 0 Å². The van der Waals surface area contributed by atoms with Crippen LogP contribution >= 0.6 is 0 Å². The summed E-state index contributed by atoms with van der Waals surface area (Å²) in [5.74, 6) is 0.211. The zero-order valence-electron chi connectivity index (χ0n) is 19.2. The van der Waals surface area contributed by atoms with Gasteiger partial charge in [-0.15, -0.1) is 0 Å². The third kappa shape index (κ3) is 4.19. The number of nitro benzene ring substituents is 1. The number of ketones is 1. The maximum absolute atomic E-state index is 13.4. The van der Waals surface area contributed by atoms with Crippen LogP contribution in [0.15, 0.2) is 23.1 Å². The van der Waals surface area contributed by atoms with Gasteiger partial charge in [0.1, 0.15) is 0 Å². The molecule has 33 heavy (non-hydrogen) atoms. The summed E-state index contributed by atoms with van der Waals surface area (Å²) in [6.07, 6.45) is 5.12. The fourth-order valence-electron chi connectivity index (χ4n) is 6.91. The van der Waals surface area contributed by atoms with Gasteiger partial charge in [-0.05, 0) is 82.6 Å². The van der Waals surface area contributed by atoms with Gasteiger partial charge in [-0.2, -0.15) is 4.72 Å². The van der Waals surface area contributed by atoms with Gasteiger partial charge in [-0.3, -0.25) is 19.7 Å². The Hall–Kier alpha value is -2.33. The molecule has 0 aromatic heterocycles. The second-order valence-corrected chi connectivity index (χ2v) is 12.8. The minimum atomic E-state index is -4.18. The van der Waals surface area contributed by atoms with Crippen LogP contribution in [-0.2, 0) is 19.6 Å². The molecule has 0 saturated heterocycles. The lowest BCUT2D eigenvalue weighted by Crippen LogP contribution is -2.58. The third-order valence-corrected chi connectivity index (χ3v) is 9.67. The fourth-order valence-corrected chi connectivity index (χ4v) is 8.33. The average molecular weight is 478 g/mol. The Kier molecular flexibility index (Phi) is 5.48. The number of nitrogens with two attached hydrogens (primary N) is 1. The highest BCUT2D eigenvalue weighted by atomic mass is 32.2. The van der Waals surface area contributed by atoms with Crippen LogP contribution < -0.4 is 10.5 Å². The summed E-state index contributed by atoms with van der Waals surface area (Å²) < 4.78 is 28.4. The predicted molar refractivity (Wildman–Crippen MR) is 121 cm³/mol. The van der Waals surface area contributed by atoms with E-state index in [1.54, 1.807) is 0 Å². The molecule has 9 nitrogen and oxygen atoms in total. The summed E-state index contributed by atoms with van der Waals surface area (Å²) in [5.41, 5.74) is 3.55. The molecule has 4 fully saturated rings. The van der Waals surface area contributed by atoms with Gasteiger partial charge < -0.3 is 5.73 Å². The number of nitrogens with one attached hydrogen (secondary N) is 1. The number of benzene rings is 1. The smallest absolute Gasteiger partial charge is 0.273 e. The topological polar surface area (TPSA) is 149 Å². The van der Waals surface area contributed by atoms with Gasteiger partial charge in [0.15, 0.2) is 5.78 Å². The van der Waals surface area contributed by atoms with E-state index < -0.39 is 25.9 Å². The number of hydrogen-bond acceptors (Lipinski definition) is 6. The number of aryl methyl sites for hydroxylation is 1. The first kappa shape index (κ1) is 23.8. The number of nitrogens with zero attached hydrogens (tertiary/aromatic N) is 1. The van der Waals surface area contributed by atoms with Gasteiger partial charge in [-0.25, -0.2) is 8.42 Å². The van der Waals surface area contributed by atoms with Crippen molar-refractivity contribution in [1.82, 2.24) is 4.72 Å². The quantitative estimate of drug-likeness (QED) is 0.434. The third-order valence-electron chi connectivity index (χ3n) is 8.01. The first-order chi connectivity index (χ1) is 15.2. The van der Waals surface area contributed by atoms with Crippen molar-refractivity contribution >= 4 is 27.4 Å². The zero-order valence-corrected chi connectivity index (χ0v) is 20.0. The SMILES string of the molecule is Cc1ccc(S(=O)(=O)NC(C)(C)C(=O)CC23CC4CC(C2)CC(C(N)=O)(C4)C3)cc1[N+](=O)[O-]. The van der Waals surface area contributed by atoms with Crippen LogP contribution in [0.5, 0.6) is 0 Å². The number of carbonyl (C=O) groups is 2. The molecular formula is C23H31N3O6S. The number of sulfonamides is 1. The molecule has 0 radical (unpaired) electrons. The summed E-state index contributed by atoms with van der Waals surface area (Å²) >= 11 is 0. The Morgan fingerprint density at radius 1 is 1.21 bits per heavy atom. The number of nitro groups is 1. The van der Waals surface area contributed by atoms with Crippen molar-refractivity contribution in [3.05, 3.63) is 33.9 Å². The van der Waals surface area contributed by atoms with E-state index in [2.05, 4.69) is 4.72 Å². The van der Waals surface area contributed by atoms with E-state index in [-0.39, 0.29) is 34.1 Å². The average Bonchev–Trinajstić information content (AvgIpc) is 2.65. The van der Waals surface area contributed by atoms with Gasteiger partial charge in [0.2, 0.25) is 15.9 Å². The Morgan fingerprint density at radius 3 is 2.36 bits per heavy atom. The van der Waals surface area contributed by atoms with Gasteiger partial charge in [0, 0.05) is 18.1 Å². The van der Waals surface area contributed by atoms with Crippen molar-refractivity contribution in [2.75, 3.05) is 0 Å². The molecule has 0 aliphatic heterocycles. The number of rotatable bonds is 8. The van der Waals surface area contributed by atoms with E-state index in [1.807, 2.05) is 0 Å². The molecule has 5 rings (SSSR count). The molecule has 1 aromatic rings. The molecule has 4 saturated carbocycles. The van der Waals surface area contributed by atoms with E-state index in [1.165, 1.54) is 32.9 Å². The maximum atomic E-state index is 13.4. The van der Waals surface area contributed by atoms with Crippen LogP contribution in [0.4, 0.5) is 5.69 Å². The van der Waals surface area contributed by atoms with Crippen LogP contribution in [0.1, 0.15) is 64.4 Å². The minimum absolute atomic E-state index is 0.179. The number of hydrogen-bond donors (Lipinski definition) is 2. The summed E-state index contributed by atoms with van der Waals surface area (Å²) in [7, 11) is -4.18. The first-order valence-corrected chi connectivity index (χ1v) is 12.8. The van der Waals surface area contributed by atoms with Crippen molar-refractivity contribution in [3.63, 3.8) is 0 Å². The lowest BCUT2D eigenvalue weighted by Gasteiger charge is -2.61. The molecule has 4 bridgehead atoms. The number of amides is 1. The molecule has 1 aromatic carbocycles. The molecule has 180 valence electrons. The predicted octanol–water partition coefficient (Wildman–Crippen LogP) is 2.99. The summed E-state index contributed by atoms with van der Waals surface area (Å²) in [4.78, 5) is 36.1. The normalized spacial score (nSPS) is 30.9. The van der Waals surface area contributed by atoms with Crippen LogP contribution in [0.2, 0.25) is 0 Å². The second kappa shape index (κ2) is 7.59. The lowest BCUT2D eigenvalue weighted by atomic mass is 9.43. The molecule has 4 aliphatic carbocycles. The van der Waals surface area contributed by atoms with Crippen molar-refractivity contribution in [2.24, 2.45) is 28.4 Å². The van der Waals surface area contributed by atoms with Crippen molar-refractivity contribution in [1.29, 1.82) is 0 Å². The Balaban J connectivity index is 1.55. The summed E-state index contributed by atoms with van der Waals surface area (Å²) in [6.45, 7) is 4.56. The number of carbonyl (C=O) groups excluding carboxylic acids is 2. The van der Waals surface area contributed by atoms with Gasteiger partial charge in [0.25, 0.3) is 5.69 Å². The number of Topliss-reactive ketones (excluding diaryl/α,β-unsaturated/α-hetero) is 1. The molecule has 4 aliphatic rings. The van der Waals surface area contributed by atoms with Crippen molar-refractivity contribution < 1.29 is 22.9 Å². The Bertz CT molecular complexity index is 1130. The second-order valence-electron chi connectivity index (χ2n) is 11.1. The zero-order chi connectivity index (χ0) is 24.4. The highest BCUT2D eigenvalue weighted by molar-refractivity contribution is 7.89. The highest BCUT2D eigenvalue weighted by Gasteiger charge is 2.60. The molecule has 3 N–H and O–H groups in total. The van der Waals surface area contributed by atoms with E-state index in [9.17, 15) is 28.1 Å².